The van der Waals surface area contributed by atoms with Crippen molar-refractivity contribution in [1.82, 2.24) is 15.5 Å². The number of likely N-dealkylation sites (N-methyl/N-ethyl adjacent to an activating group) is 1. The maximum atomic E-state index is 14.4. The second kappa shape index (κ2) is 16.1. The number of nitrogens with one attached hydrogen (secondary N) is 2. The first-order chi connectivity index (χ1) is 22.1. The Kier molecular flexibility index (Phi) is 12.5. The highest BCUT2D eigenvalue weighted by Gasteiger charge is 2.38. The number of alkyl carbamates (subject to hydrolysis) is 1. The van der Waals surface area contributed by atoms with E-state index in [4.69, 9.17) is 9.47 Å². The molecule has 0 spiro atoms. The van der Waals surface area contributed by atoms with Gasteiger partial charge in [0.25, 0.3) is 0 Å². The third-order valence-electron chi connectivity index (χ3n) is 6.93. The first kappa shape index (κ1) is 36.6. The van der Waals surface area contributed by atoms with Crippen molar-refractivity contribution in [3.63, 3.8) is 0 Å². The van der Waals surface area contributed by atoms with Crippen LogP contribution in [0, 0.1) is 0 Å². The van der Waals surface area contributed by atoms with E-state index in [1.165, 1.54) is 17.0 Å². The number of aromatic hydroxyl groups is 1. The lowest BCUT2D eigenvalue weighted by atomic mass is 9.99. The summed E-state index contributed by atoms with van der Waals surface area (Å²) in [6.07, 6.45) is -0.516. The number of carbonyl (C=O) groups is 4. The molecule has 3 amide bonds. The van der Waals surface area contributed by atoms with Crippen LogP contribution in [0.4, 0.5) is 4.79 Å². The Hall–Kier alpha value is -4.86. The zero-order chi connectivity index (χ0) is 34.8. The predicted molar refractivity (Wildman–Crippen MR) is 179 cm³/mol. The number of nitrogens with zero attached hydrogens (tertiary/aromatic N) is 1. The van der Waals surface area contributed by atoms with Gasteiger partial charge >= 0.3 is 12.1 Å². The zero-order valence-corrected chi connectivity index (χ0v) is 28.3. The van der Waals surface area contributed by atoms with Gasteiger partial charge in [0.2, 0.25) is 11.8 Å². The molecule has 3 rings (SSSR count). The van der Waals surface area contributed by atoms with Gasteiger partial charge in [0.15, 0.2) is 0 Å². The van der Waals surface area contributed by atoms with Crippen LogP contribution < -0.4 is 10.6 Å². The maximum absolute atomic E-state index is 14.4. The van der Waals surface area contributed by atoms with E-state index in [-0.39, 0.29) is 25.1 Å². The second-order valence-electron chi connectivity index (χ2n) is 13.3. The fraction of sp³-hybridized carbons (Fsp3) is 0.405. The number of benzene rings is 3. The predicted octanol–water partition coefficient (Wildman–Crippen LogP) is 5.49. The van der Waals surface area contributed by atoms with Crippen molar-refractivity contribution < 1.29 is 33.8 Å². The Bertz CT molecular complexity index is 1500. The molecule has 10 nitrogen and oxygen atoms in total. The number of amides is 3. The zero-order valence-electron chi connectivity index (χ0n) is 28.3. The van der Waals surface area contributed by atoms with Gasteiger partial charge in [-0.2, -0.15) is 0 Å². The molecular weight excluding hydrogens is 598 g/mol. The minimum absolute atomic E-state index is 0.0592. The van der Waals surface area contributed by atoms with Crippen molar-refractivity contribution in [2.24, 2.45) is 0 Å². The van der Waals surface area contributed by atoms with Crippen molar-refractivity contribution in [3.8, 4) is 5.75 Å². The summed E-state index contributed by atoms with van der Waals surface area (Å²) in [5.74, 6) is -1.95. The summed E-state index contributed by atoms with van der Waals surface area (Å²) in [5, 5.41) is 15.9. The molecule has 0 aliphatic heterocycles. The number of phenols is 1. The Labute approximate surface area is 277 Å². The van der Waals surface area contributed by atoms with Crippen molar-refractivity contribution in [3.05, 3.63) is 102 Å². The minimum Gasteiger partial charge on any atom is -0.508 e. The van der Waals surface area contributed by atoms with Gasteiger partial charge in [-0.25, -0.2) is 9.59 Å². The van der Waals surface area contributed by atoms with Gasteiger partial charge in [-0.05, 0) is 77.3 Å². The Morgan fingerprint density at radius 3 is 1.74 bits per heavy atom. The van der Waals surface area contributed by atoms with Crippen LogP contribution in [0.1, 0.15) is 71.2 Å². The third kappa shape index (κ3) is 11.8. The number of esters is 1. The summed E-state index contributed by atoms with van der Waals surface area (Å²) in [5.41, 5.74) is 0.268. The van der Waals surface area contributed by atoms with E-state index in [9.17, 15) is 24.3 Å². The van der Waals surface area contributed by atoms with Crippen LogP contribution in [0.15, 0.2) is 84.9 Å². The average molecular weight is 646 g/mol. The topological polar surface area (TPSA) is 134 Å². The number of ether oxygens (including phenoxy) is 2. The molecule has 3 atom stereocenters. The van der Waals surface area contributed by atoms with Crippen LogP contribution in [0.3, 0.4) is 0 Å². The Morgan fingerprint density at radius 1 is 0.723 bits per heavy atom. The quantitative estimate of drug-likeness (QED) is 0.222. The molecule has 0 saturated carbocycles. The van der Waals surface area contributed by atoms with Crippen molar-refractivity contribution in [2.45, 2.75) is 90.6 Å². The van der Waals surface area contributed by atoms with Crippen LogP contribution in [0.5, 0.6) is 5.75 Å². The summed E-state index contributed by atoms with van der Waals surface area (Å²) in [6, 6.07) is 20.9. The molecule has 0 heterocycles. The molecule has 47 heavy (non-hydrogen) atoms. The van der Waals surface area contributed by atoms with Gasteiger partial charge in [0.1, 0.15) is 35.1 Å². The standard InChI is InChI=1S/C37H47N3O7/c1-8-40(33(43)29(22-25-16-11-9-12-17-25)39-35(45)47-37(5,6)7)31(27-20-15-21-28(41)24-27)32(42)38-30(34(44)46-36(2,3)4)23-26-18-13-10-14-19-26/h9-21,24,29-31,41H,8,22-23H2,1-7H3,(H,38,42)(H,39,45). The monoisotopic (exact) mass is 645 g/mol. The van der Waals surface area contributed by atoms with Gasteiger partial charge < -0.3 is 30.1 Å². The van der Waals surface area contributed by atoms with Crippen molar-refractivity contribution in [2.75, 3.05) is 6.54 Å². The normalized spacial score (nSPS) is 13.4. The molecule has 3 N–H and O–H groups in total. The van der Waals surface area contributed by atoms with Crippen LogP contribution in [-0.2, 0) is 36.7 Å². The highest BCUT2D eigenvalue weighted by Crippen LogP contribution is 2.26. The lowest BCUT2D eigenvalue weighted by Gasteiger charge is -2.34. The molecular formula is C37H47N3O7. The van der Waals surface area contributed by atoms with Gasteiger partial charge in [0, 0.05) is 19.4 Å². The fourth-order valence-corrected chi connectivity index (χ4v) is 5.00. The highest BCUT2D eigenvalue weighted by molar-refractivity contribution is 5.94. The van der Waals surface area contributed by atoms with Gasteiger partial charge in [-0.15, -0.1) is 0 Å². The molecule has 10 heteroatoms. The molecule has 0 fully saturated rings. The van der Waals surface area contributed by atoms with Gasteiger partial charge in [0.05, 0.1) is 0 Å². The molecule has 3 unspecified atom stereocenters. The fourth-order valence-electron chi connectivity index (χ4n) is 5.00. The minimum atomic E-state index is -1.28. The number of phenolic OH excluding ortho intramolecular Hbond substituents is 1. The Balaban J connectivity index is 2.03. The number of hydrogen-bond acceptors (Lipinski definition) is 7. The van der Waals surface area contributed by atoms with E-state index < -0.39 is 53.2 Å². The number of hydrogen-bond donors (Lipinski definition) is 3. The molecule has 252 valence electrons. The molecule has 3 aromatic rings. The summed E-state index contributed by atoms with van der Waals surface area (Å²) in [7, 11) is 0. The van der Waals surface area contributed by atoms with E-state index >= 15 is 0 Å². The van der Waals surface area contributed by atoms with Gasteiger partial charge in [-0.3, -0.25) is 9.59 Å². The smallest absolute Gasteiger partial charge is 0.408 e. The summed E-state index contributed by atoms with van der Waals surface area (Å²) in [6.45, 7) is 12.2. The molecule has 0 radical (unpaired) electrons. The molecule has 0 aliphatic carbocycles. The summed E-state index contributed by atoms with van der Waals surface area (Å²) < 4.78 is 11.1. The first-order valence-electron chi connectivity index (χ1n) is 15.8. The van der Waals surface area contributed by atoms with E-state index in [0.29, 0.717) is 5.56 Å². The third-order valence-corrected chi connectivity index (χ3v) is 6.93. The first-order valence-corrected chi connectivity index (χ1v) is 15.8. The van der Waals surface area contributed by atoms with E-state index in [2.05, 4.69) is 10.6 Å². The Morgan fingerprint density at radius 2 is 1.26 bits per heavy atom. The molecule has 3 aromatic carbocycles. The van der Waals surface area contributed by atoms with Crippen molar-refractivity contribution in [1.29, 1.82) is 0 Å². The van der Waals surface area contributed by atoms with E-state index in [1.54, 1.807) is 60.6 Å². The molecule has 0 aromatic heterocycles. The lowest BCUT2D eigenvalue weighted by Crippen LogP contribution is -2.55. The molecule has 0 bridgehead atoms. The van der Waals surface area contributed by atoms with E-state index in [1.807, 2.05) is 60.7 Å². The second-order valence-corrected chi connectivity index (χ2v) is 13.3. The van der Waals surface area contributed by atoms with E-state index in [0.717, 1.165) is 11.1 Å². The lowest BCUT2D eigenvalue weighted by molar-refractivity contribution is -0.159. The van der Waals surface area contributed by atoms with Crippen LogP contribution in [0.25, 0.3) is 0 Å². The van der Waals surface area contributed by atoms with Crippen molar-refractivity contribution >= 4 is 23.9 Å². The number of carbonyl (C=O) groups excluding carboxylic acids is 4. The van der Waals surface area contributed by atoms with Gasteiger partial charge in [-0.1, -0.05) is 72.8 Å². The summed E-state index contributed by atoms with van der Waals surface area (Å²) >= 11 is 0. The van der Waals surface area contributed by atoms with Crippen LogP contribution >= 0.6 is 0 Å². The summed E-state index contributed by atoms with van der Waals surface area (Å²) in [4.78, 5) is 56.4. The molecule has 0 saturated heterocycles. The largest absolute Gasteiger partial charge is 0.508 e. The SMILES string of the molecule is CCN(C(=O)C(Cc1ccccc1)NC(=O)OC(C)(C)C)C(C(=O)NC(Cc1ccccc1)C(=O)OC(C)(C)C)c1cccc(O)c1. The highest BCUT2D eigenvalue weighted by atomic mass is 16.6. The van der Waals surface area contributed by atoms with Crippen LogP contribution in [-0.4, -0.2) is 63.7 Å². The molecule has 0 aliphatic rings. The maximum Gasteiger partial charge on any atom is 0.408 e. The van der Waals surface area contributed by atoms with Crippen LogP contribution in [0.2, 0.25) is 0 Å². The number of rotatable bonds is 12. The average Bonchev–Trinajstić information content (AvgIpc) is 2.98.